The van der Waals surface area contributed by atoms with Crippen LogP contribution in [0.3, 0.4) is 0 Å². The lowest BCUT2D eigenvalue weighted by Gasteiger charge is -2.36. The van der Waals surface area contributed by atoms with Crippen LogP contribution in [-0.2, 0) is 11.3 Å². The fraction of sp³-hybridized carbons (Fsp3) is 0.435. The van der Waals surface area contributed by atoms with Crippen molar-refractivity contribution in [2.24, 2.45) is 0 Å². The van der Waals surface area contributed by atoms with Gasteiger partial charge in [0.15, 0.2) is 0 Å². The Morgan fingerprint density at radius 3 is 2.63 bits per heavy atom. The lowest BCUT2D eigenvalue weighted by atomic mass is 10.0. The predicted molar refractivity (Wildman–Crippen MR) is 118 cm³/mol. The number of aromatic nitrogens is 2. The molecule has 0 N–H and O–H groups in total. The van der Waals surface area contributed by atoms with E-state index in [9.17, 15) is 4.79 Å². The Balaban J connectivity index is 1.61. The smallest absolute Gasteiger partial charge is 0.257 e. The summed E-state index contributed by atoms with van der Waals surface area (Å²) in [6.45, 7) is 5.03. The zero-order valence-electron chi connectivity index (χ0n) is 17.4. The molecule has 1 atom stereocenters. The summed E-state index contributed by atoms with van der Waals surface area (Å²) in [5.74, 6) is 1.25. The van der Waals surface area contributed by atoms with Gasteiger partial charge in [-0.3, -0.25) is 9.69 Å². The van der Waals surface area contributed by atoms with Gasteiger partial charge in [0.25, 0.3) is 5.89 Å². The third-order valence-corrected chi connectivity index (χ3v) is 6.29. The summed E-state index contributed by atoms with van der Waals surface area (Å²) in [7, 11) is 0. The maximum absolute atomic E-state index is 13.6. The molecule has 1 saturated heterocycles. The molecule has 2 aromatic heterocycles. The van der Waals surface area contributed by atoms with Crippen LogP contribution in [0, 0.1) is 0 Å². The van der Waals surface area contributed by atoms with Gasteiger partial charge in [-0.15, -0.1) is 21.5 Å². The van der Waals surface area contributed by atoms with E-state index < -0.39 is 0 Å². The van der Waals surface area contributed by atoms with Crippen molar-refractivity contribution in [3.8, 4) is 10.8 Å². The molecule has 1 aliphatic rings. The van der Waals surface area contributed by atoms with Crippen molar-refractivity contribution in [3.05, 3.63) is 59.3 Å². The van der Waals surface area contributed by atoms with E-state index in [1.54, 1.807) is 11.3 Å². The average molecular weight is 425 g/mol. The van der Waals surface area contributed by atoms with Crippen molar-refractivity contribution in [3.63, 3.8) is 0 Å². The van der Waals surface area contributed by atoms with E-state index in [2.05, 4.69) is 22.0 Å². The van der Waals surface area contributed by atoms with Gasteiger partial charge in [-0.25, -0.2) is 0 Å². The van der Waals surface area contributed by atoms with Crippen LogP contribution in [0.5, 0.6) is 0 Å². The van der Waals surface area contributed by atoms with E-state index >= 15 is 0 Å². The Morgan fingerprint density at radius 2 is 1.93 bits per heavy atom. The topological polar surface area (TPSA) is 62.5 Å². The molecule has 7 heteroatoms. The standard InChI is InChI=1S/C23H28N4O2S/c1-2-13-27(17-20-24-25-22(29-20)19-12-9-16-30-19)21(18-10-5-3-6-11-18)23(28)26-14-7-4-8-15-26/h3,5-6,9-12,16,21H,2,4,7-8,13-15,17H2,1H3/t21-/m1/s1. The van der Waals surface area contributed by atoms with Crippen molar-refractivity contribution in [1.29, 1.82) is 0 Å². The number of nitrogens with zero attached hydrogens (tertiary/aromatic N) is 4. The van der Waals surface area contributed by atoms with Crippen molar-refractivity contribution in [2.45, 2.75) is 45.2 Å². The van der Waals surface area contributed by atoms with Crippen molar-refractivity contribution in [1.82, 2.24) is 20.0 Å². The summed E-state index contributed by atoms with van der Waals surface area (Å²) < 4.78 is 5.94. The molecule has 0 unspecified atom stereocenters. The third-order valence-electron chi connectivity index (χ3n) is 5.43. The van der Waals surface area contributed by atoms with Crippen molar-refractivity contribution >= 4 is 17.2 Å². The van der Waals surface area contributed by atoms with E-state index in [1.807, 2.05) is 52.7 Å². The number of hydrogen-bond donors (Lipinski definition) is 0. The summed E-state index contributed by atoms with van der Waals surface area (Å²) in [5.41, 5.74) is 1.01. The van der Waals surface area contributed by atoms with Crippen LogP contribution in [-0.4, -0.2) is 45.5 Å². The summed E-state index contributed by atoms with van der Waals surface area (Å²) >= 11 is 1.57. The van der Waals surface area contributed by atoms with Crippen molar-refractivity contribution in [2.75, 3.05) is 19.6 Å². The molecular weight excluding hydrogens is 396 g/mol. The average Bonchev–Trinajstić information content (AvgIpc) is 3.47. The van der Waals surface area contributed by atoms with Gasteiger partial charge in [0, 0.05) is 13.1 Å². The first kappa shape index (κ1) is 20.8. The highest BCUT2D eigenvalue weighted by Gasteiger charge is 2.32. The third kappa shape index (κ3) is 4.79. The van der Waals surface area contributed by atoms with Gasteiger partial charge in [0.05, 0.1) is 11.4 Å². The van der Waals surface area contributed by atoms with Gasteiger partial charge in [-0.1, -0.05) is 43.3 Å². The van der Waals surface area contributed by atoms with Gasteiger partial charge in [0.1, 0.15) is 6.04 Å². The molecule has 30 heavy (non-hydrogen) atoms. The Kier molecular flexibility index (Phi) is 6.92. The summed E-state index contributed by atoms with van der Waals surface area (Å²) in [4.78, 5) is 18.8. The van der Waals surface area contributed by atoms with Crippen LogP contribution in [0.4, 0.5) is 0 Å². The summed E-state index contributed by atoms with van der Waals surface area (Å²) in [6.07, 6.45) is 4.29. The van der Waals surface area contributed by atoms with Crippen molar-refractivity contribution < 1.29 is 9.21 Å². The Labute approximate surface area is 181 Å². The second kappa shape index (κ2) is 10.00. The lowest BCUT2D eigenvalue weighted by molar-refractivity contribution is -0.138. The largest absolute Gasteiger partial charge is 0.419 e. The maximum atomic E-state index is 13.6. The van der Waals surface area contributed by atoms with Gasteiger partial charge in [-0.05, 0) is 49.2 Å². The molecule has 4 rings (SSSR count). The minimum absolute atomic E-state index is 0.173. The van der Waals surface area contributed by atoms with E-state index in [0.29, 0.717) is 18.3 Å². The minimum atomic E-state index is -0.346. The van der Waals surface area contributed by atoms with E-state index in [1.165, 1.54) is 6.42 Å². The zero-order valence-corrected chi connectivity index (χ0v) is 18.2. The molecule has 1 amide bonds. The van der Waals surface area contributed by atoms with Crippen LogP contribution in [0.1, 0.15) is 50.1 Å². The zero-order chi connectivity index (χ0) is 20.8. The van der Waals surface area contributed by atoms with Crippen LogP contribution >= 0.6 is 11.3 Å². The molecule has 0 radical (unpaired) electrons. The molecule has 0 bridgehead atoms. The van der Waals surface area contributed by atoms with E-state index in [4.69, 9.17) is 4.42 Å². The molecule has 0 aliphatic carbocycles. The molecule has 1 fully saturated rings. The van der Waals surface area contributed by atoms with Gasteiger partial charge < -0.3 is 9.32 Å². The first-order chi connectivity index (χ1) is 14.8. The maximum Gasteiger partial charge on any atom is 0.257 e. The van der Waals surface area contributed by atoms with Gasteiger partial charge in [0.2, 0.25) is 11.8 Å². The normalized spacial score (nSPS) is 15.5. The number of piperidine rings is 1. The van der Waals surface area contributed by atoms with Crippen LogP contribution in [0.15, 0.2) is 52.3 Å². The van der Waals surface area contributed by atoms with Crippen LogP contribution in [0.2, 0.25) is 0 Å². The molecule has 1 aliphatic heterocycles. The first-order valence-corrected chi connectivity index (χ1v) is 11.6. The molecule has 0 spiro atoms. The Bertz CT molecular complexity index is 920. The quantitative estimate of drug-likeness (QED) is 0.521. The molecule has 3 aromatic rings. The number of likely N-dealkylation sites (tertiary alicyclic amines) is 1. The number of benzene rings is 1. The predicted octanol–water partition coefficient (Wildman–Crippen LogP) is 4.76. The lowest BCUT2D eigenvalue weighted by Crippen LogP contribution is -2.45. The molecular formula is C23H28N4O2S. The fourth-order valence-electron chi connectivity index (χ4n) is 4.01. The molecule has 6 nitrogen and oxygen atoms in total. The first-order valence-electron chi connectivity index (χ1n) is 10.7. The highest BCUT2D eigenvalue weighted by Crippen LogP contribution is 2.28. The molecule has 158 valence electrons. The highest BCUT2D eigenvalue weighted by molar-refractivity contribution is 7.13. The summed E-state index contributed by atoms with van der Waals surface area (Å²) in [6, 6.07) is 13.7. The van der Waals surface area contributed by atoms with Gasteiger partial charge >= 0.3 is 0 Å². The Morgan fingerprint density at radius 1 is 1.13 bits per heavy atom. The number of hydrogen-bond acceptors (Lipinski definition) is 6. The highest BCUT2D eigenvalue weighted by atomic mass is 32.1. The number of carbonyl (C=O) groups excluding carboxylic acids is 1. The van der Waals surface area contributed by atoms with Crippen LogP contribution in [0.25, 0.3) is 10.8 Å². The number of thiophene rings is 1. The summed E-state index contributed by atoms with van der Waals surface area (Å²) in [5, 5.41) is 10.5. The van der Waals surface area contributed by atoms with Crippen LogP contribution < -0.4 is 0 Å². The monoisotopic (exact) mass is 424 g/mol. The number of carbonyl (C=O) groups is 1. The minimum Gasteiger partial charge on any atom is -0.419 e. The fourth-order valence-corrected chi connectivity index (χ4v) is 4.65. The second-order valence-electron chi connectivity index (χ2n) is 7.65. The molecule has 0 saturated carbocycles. The SMILES string of the molecule is CCCN(Cc1nnc(-c2cccs2)o1)[C@@H](C(=O)N1CCCCC1)c1ccccc1. The number of rotatable bonds is 8. The Hall–Kier alpha value is -2.51. The van der Waals surface area contributed by atoms with Gasteiger partial charge in [-0.2, -0.15) is 0 Å². The van der Waals surface area contributed by atoms with E-state index in [-0.39, 0.29) is 11.9 Å². The molecule has 3 heterocycles. The number of amides is 1. The second-order valence-corrected chi connectivity index (χ2v) is 8.60. The molecule has 1 aromatic carbocycles. The van der Waals surface area contributed by atoms with E-state index in [0.717, 1.165) is 49.3 Å².